The first kappa shape index (κ1) is 21.9. The van der Waals surface area contributed by atoms with Gasteiger partial charge < -0.3 is 10.6 Å². The maximum Gasteiger partial charge on any atom is 0.255 e. The summed E-state index contributed by atoms with van der Waals surface area (Å²) in [7, 11) is 0. The summed E-state index contributed by atoms with van der Waals surface area (Å²) in [5.41, 5.74) is 11.3. The van der Waals surface area contributed by atoms with Gasteiger partial charge in [-0.05, 0) is 54.2 Å². The molecule has 0 aliphatic carbocycles. The number of nitrogens with one attached hydrogen (secondary N) is 2. The lowest BCUT2D eigenvalue weighted by Gasteiger charge is -2.40. The number of fused-ring (bicyclic) bond motifs is 2. The predicted octanol–water partition coefficient (Wildman–Crippen LogP) is 1.77. The van der Waals surface area contributed by atoms with E-state index in [9.17, 15) is 14.4 Å². The zero-order valence-electron chi connectivity index (χ0n) is 19.4. The summed E-state index contributed by atoms with van der Waals surface area (Å²) in [5.74, 6) is -0.829. The molecule has 3 aromatic rings. The summed E-state index contributed by atoms with van der Waals surface area (Å²) < 4.78 is 0. The monoisotopic (exact) mass is 472 g/mol. The van der Waals surface area contributed by atoms with Gasteiger partial charge in [-0.2, -0.15) is 5.10 Å². The molecule has 35 heavy (non-hydrogen) atoms. The Morgan fingerprint density at radius 2 is 1.91 bits per heavy atom. The van der Waals surface area contributed by atoms with Crippen LogP contribution in [-0.4, -0.2) is 56.9 Å². The van der Waals surface area contributed by atoms with E-state index in [0.29, 0.717) is 18.5 Å². The lowest BCUT2D eigenvalue weighted by atomic mass is 9.81. The Hall–Kier alpha value is -3.56. The quantitative estimate of drug-likeness (QED) is 0.497. The number of amides is 3. The molecular weight excluding hydrogens is 444 g/mol. The first-order valence-electron chi connectivity index (χ1n) is 12.1. The van der Waals surface area contributed by atoms with Crippen LogP contribution in [0.5, 0.6) is 0 Å². The van der Waals surface area contributed by atoms with Gasteiger partial charge in [-0.1, -0.05) is 18.2 Å². The van der Waals surface area contributed by atoms with Crippen LogP contribution in [0.25, 0.3) is 10.9 Å². The lowest BCUT2D eigenvalue weighted by Crippen LogP contribution is -2.52. The van der Waals surface area contributed by atoms with E-state index in [2.05, 4.69) is 38.6 Å². The van der Waals surface area contributed by atoms with Crippen LogP contribution in [0.15, 0.2) is 42.6 Å². The Labute approximate surface area is 202 Å². The first-order valence-corrected chi connectivity index (χ1v) is 12.1. The number of benzene rings is 2. The zero-order valence-corrected chi connectivity index (χ0v) is 19.4. The van der Waals surface area contributed by atoms with Gasteiger partial charge in [0.2, 0.25) is 11.8 Å². The van der Waals surface area contributed by atoms with E-state index in [1.807, 2.05) is 24.4 Å². The second-order valence-electron chi connectivity index (χ2n) is 10.00. The second kappa shape index (κ2) is 8.28. The molecule has 0 bridgehead atoms. The summed E-state index contributed by atoms with van der Waals surface area (Å²) in [4.78, 5) is 40.8. The number of hydrogen-bond acceptors (Lipinski definition) is 6. The highest BCUT2D eigenvalue weighted by atomic mass is 16.2. The van der Waals surface area contributed by atoms with Crippen molar-refractivity contribution in [2.45, 2.75) is 50.4 Å². The highest BCUT2D eigenvalue weighted by molar-refractivity contribution is 6.05. The number of H-pyrrole nitrogens is 1. The van der Waals surface area contributed by atoms with Gasteiger partial charge >= 0.3 is 0 Å². The van der Waals surface area contributed by atoms with E-state index in [-0.39, 0.29) is 18.2 Å². The second-order valence-corrected chi connectivity index (χ2v) is 10.00. The third kappa shape index (κ3) is 3.90. The molecule has 9 heteroatoms. The standard InChI is InChI=1S/C26H28N6O3/c27-26(7-9-31(10-8-26)14-16-1-4-21-17(11-16)13-28-30-21)19-2-3-20-18(12-19)15-32(25(20)35)22-5-6-23(33)29-24(22)34/h1-4,11-13,22H,5-10,14-15,27H2,(H,28,30)(H,29,33,34). The number of nitrogens with two attached hydrogens (primary N) is 1. The van der Waals surface area contributed by atoms with Gasteiger partial charge in [0.25, 0.3) is 5.91 Å². The van der Waals surface area contributed by atoms with Crippen LogP contribution in [0, 0.1) is 0 Å². The fourth-order valence-corrected chi connectivity index (χ4v) is 5.63. The van der Waals surface area contributed by atoms with Crippen LogP contribution in [0.2, 0.25) is 0 Å². The Bertz CT molecular complexity index is 1340. The number of rotatable bonds is 4. The maximum absolute atomic E-state index is 13.0. The van der Waals surface area contributed by atoms with Crippen molar-refractivity contribution in [1.82, 2.24) is 25.3 Å². The number of nitrogens with zero attached hydrogens (tertiary/aromatic N) is 3. The Morgan fingerprint density at radius 3 is 2.71 bits per heavy atom. The number of hydrogen-bond donors (Lipinski definition) is 3. The van der Waals surface area contributed by atoms with Crippen LogP contribution >= 0.6 is 0 Å². The summed E-state index contributed by atoms with van der Waals surface area (Å²) in [6.07, 6.45) is 4.11. The van der Waals surface area contributed by atoms with Crippen LogP contribution < -0.4 is 11.1 Å². The van der Waals surface area contributed by atoms with Gasteiger partial charge in [-0.25, -0.2) is 0 Å². The molecule has 2 aromatic carbocycles. The van der Waals surface area contributed by atoms with E-state index in [4.69, 9.17) is 5.73 Å². The number of aromatic amines is 1. The molecule has 1 atom stereocenters. The van der Waals surface area contributed by atoms with Crippen LogP contribution in [0.1, 0.15) is 52.7 Å². The Kier molecular flexibility index (Phi) is 5.19. The Morgan fingerprint density at radius 1 is 1.09 bits per heavy atom. The molecule has 0 saturated carbocycles. The fourth-order valence-electron chi connectivity index (χ4n) is 5.63. The average molecular weight is 473 g/mol. The molecule has 1 aromatic heterocycles. The van der Waals surface area contributed by atoms with Crippen molar-refractivity contribution in [2.75, 3.05) is 13.1 Å². The normalized spacial score (nSPS) is 22.5. The molecule has 0 spiro atoms. The van der Waals surface area contributed by atoms with Crippen molar-refractivity contribution in [3.63, 3.8) is 0 Å². The van der Waals surface area contributed by atoms with Crippen LogP contribution in [0.4, 0.5) is 0 Å². The molecule has 3 amide bonds. The molecule has 2 fully saturated rings. The molecule has 0 radical (unpaired) electrons. The number of likely N-dealkylation sites (tertiary alicyclic amines) is 1. The minimum absolute atomic E-state index is 0.156. The first-order chi connectivity index (χ1) is 16.9. The summed E-state index contributed by atoms with van der Waals surface area (Å²) >= 11 is 0. The minimum atomic E-state index is -0.604. The van der Waals surface area contributed by atoms with Crippen molar-refractivity contribution >= 4 is 28.6 Å². The van der Waals surface area contributed by atoms with E-state index in [1.54, 1.807) is 4.90 Å². The van der Waals surface area contributed by atoms with Gasteiger partial charge in [-0.3, -0.25) is 29.7 Å². The smallest absolute Gasteiger partial charge is 0.255 e. The highest BCUT2D eigenvalue weighted by Crippen LogP contribution is 2.35. The molecular formula is C26H28N6O3. The van der Waals surface area contributed by atoms with Gasteiger partial charge in [0.1, 0.15) is 6.04 Å². The summed E-state index contributed by atoms with van der Waals surface area (Å²) in [5, 5.41) is 10.6. The van der Waals surface area contributed by atoms with Crippen LogP contribution in [0.3, 0.4) is 0 Å². The molecule has 3 aliphatic heterocycles. The maximum atomic E-state index is 13.0. The summed E-state index contributed by atoms with van der Waals surface area (Å²) in [6, 6.07) is 11.6. The zero-order chi connectivity index (χ0) is 24.2. The predicted molar refractivity (Wildman–Crippen MR) is 129 cm³/mol. The van der Waals surface area contributed by atoms with E-state index in [1.165, 1.54) is 5.56 Å². The third-order valence-electron chi connectivity index (χ3n) is 7.76. The Balaban J connectivity index is 1.13. The number of piperidine rings is 2. The fraction of sp³-hybridized carbons (Fsp3) is 0.385. The lowest BCUT2D eigenvalue weighted by molar-refractivity contribution is -0.136. The minimum Gasteiger partial charge on any atom is -0.322 e. The van der Waals surface area contributed by atoms with Gasteiger partial charge in [0.15, 0.2) is 0 Å². The largest absolute Gasteiger partial charge is 0.322 e. The average Bonchev–Trinajstić information content (AvgIpc) is 3.44. The van der Waals surface area contributed by atoms with E-state index in [0.717, 1.165) is 54.5 Å². The molecule has 3 aliphatic rings. The number of carbonyl (C=O) groups excluding carboxylic acids is 3. The summed E-state index contributed by atoms with van der Waals surface area (Å²) in [6.45, 7) is 3.01. The molecule has 9 nitrogen and oxygen atoms in total. The number of aromatic nitrogens is 2. The van der Waals surface area contributed by atoms with Crippen LogP contribution in [-0.2, 0) is 28.2 Å². The van der Waals surface area contributed by atoms with Gasteiger partial charge in [-0.15, -0.1) is 0 Å². The van der Waals surface area contributed by atoms with Gasteiger partial charge in [0.05, 0.1) is 11.7 Å². The van der Waals surface area contributed by atoms with Gasteiger partial charge in [0, 0.05) is 49.1 Å². The molecule has 4 heterocycles. The molecule has 6 rings (SSSR count). The van der Waals surface area contributed by atoms with Crippen molar-refractivity contribution in [2.24, 2.45) is 5.73 Å². The van der Waals surface area contributed by atoms with Crippen molar-refractivity contribution in [1.29, 1.82) is 0 Å². The molecule has 180 valence electrons. The highest BCUT2D eigenvalue weighted by Gasteiger charge is 2.40. The van der Waals surface area contributed by atoms with E-state index >= 15 is 0 Å². The SMILES string of the molecule is NC1(c2ccc3c(c2)CN(C2CCC(=O)NC2=O)C3=O)CCN(Cc2ccc3[nH]ncc3c2)CC1. The topological polar surface area (TPSA) is 124 Å². The van der Waals surface area contributed by atoms with E-state index < -0.39 is 17.5 Å². The van der Waals surface area contributed by atoms with Crippen molar-refractivity contribution in [3.8, 4) is 0 Å². The third-order valence-corrected chi connectivity index (χ3v) is 7.76. The van der Waals surface area contributed by atoms with Crippen molar-refractivity contribution in [3.05, 3.63) is 64.8 Å². The molecule has 1 unspecified atom stereocenters. The molecule has 2 saturated heterocycles. The number of imide groups is 1. The molecule has 4 N–H and O–H groups in total. The van der Waals surface area contributed by atoms with Crippen molar-refractivity contribution < 1.29 is 14.4 Å². The number of carbonyl (C=O) groups is 3.